The van der Waals surface area contributed by atoms with Gasteiger partial charge in [-0.3, -0.25) is 0 Å². The van der Waals surface area contributed by atoms with Crippen molar-refractivity contribution in [2.45, 2.75) is 32.5 Å². The topological polar surface area (TPSA) is 56.7 Å². The van der Waals surface area contributed by atoms with E-state index in [-0.39, 0.29) is 13.0 Å². The highest BCUT2D eigenvalue weighted by atomic mass is 19.1. The van der Waals surface area contributed by atoms with Crippen LogP contribution in [0, 0.1) is 5.92 Å². The Bertz CT molecular complexity index is 538. The van der Waals surface area contributed by atoms with Gasteiger partial charge in [0.2, 0.25) is 0 Å². The molecule has 0 saturated heterocycles. The number of benzene rings is 1. The molecule has 0 aliphatic rings. The fourth-order valence-corrected chi connectivity index (χ4v) is 2.20. The van der Waals surface area contributed by atoms with Crippen molar-refractivity contribution in [3.05, 3.63) is 48.0 Å². The maximum absolute atomic E-state index is 15.1. The summed E-state index contributed by atoms with van der Waals surface area (Å²) in [5, 5.41) is 4.17. The van der Waals surface area contributed by atoms with Gasteiger partial charge in [-0.05, 0) is 11.5 Å². The summed E-state index contributed by atoms with van der Waals surface area (Å²) in [6.07, 6.45) is 1.61. The van der Waals surface area contributed by atoms with Crippen molar-refractivity contribution in [2.75, 3.05) is 6.54 Å². The molecular formula is C15H21FN4. The van der Waals surface area contributed by atoms with Crippen LogP contribution in [0.2, 0.25) is 0 Å². The SMILES string of the molecule is CC(C)Cn1ncnc1CC(F)(CN)c1ccccc1. The average molecular weight is 276 g/mol. The molecule has 0 saturated carbocycles. The Morgan fingerprint density at radius 3 is 2.60 bits per heavy atom. The van der Waals surface area contributed by atoms with Gasteiger partial charge >= 0.3 is 0 Å². The monoisotopic (exact) mass is 276 g/mol. The summed E-state index contributed by atoms with van der Waals surface area (Å²) in [5.74, 6) is 1.06. The van der Waals surface area contributed by atoms with Gasteiger partial charge in [0.15, 0.2) is 5.67 Å². The van der Waals surface area contributed by atoms with Gasteiger partial charge in [0.25, 0.3) is 0 Å². The molecule has 0 radical (unpaired) electrons. The Hall–Kier alpha value is -1.75. The minimum atomic E-state index is -1.61. The quantitative estimate of drug-likeness (QED) is 0.880. The standard InChI is InChI=1S/C15H21FN4/c1-12(2)9-20-14(18-11-19-20)8-15(16,10-17)13-6-4-3-5-7-13/h3-7,11-12H,8-10,17H2,1-2H3. The van der Waals surface area contributed by atoms with Crippen LogP contribution in [0.5, 0.6) is 0 Å². The van der Waals surface area contributed by atoms with Crippen molar-refractivity contribution in [2.24, 2.45) is 11.7 Å². The van der Waals surface area contributed by atoms with E-state index in [1.165, 1.54) is 6.33 Å². The summed E-state index contributed by atoms with van der Waals surface area (Å²) >= 11 is 0. The Kier molecular flexibility index (Phi) is 4.49. The van der Waals surface area contributed by atoms with Gasteiger partial charge in [0.05, 0.1) is 0 Å². The van der Waals surface area contributed by atoms with Crippen LogP contribution in [0.15, 0.2) is 36.7 Å². The predicted molar refractivity (Wildman–Crippen MR) is 76.8 cm³/mol. The molecule has 5 heteroatoms. The zero-order valence-corrected chi connectivity index (χ0v) is 12.0. The number of aromatic nitrogens is 3. The minimum absolute atomic E-state index is 0.0778. The van der Waals surface area contributed by atoms with Crippen LogP contribution in [0.1, 0.15) is 25.2 Å². The van der Waals surface area contributed by atoms with Crippen molar-refractivity contribution in [1.29, 1.82) is 0 Å². The molecule has 1 aromatic carbocycles. The van der Waals surface area contributed by atoms with E-state index in [2.05, 4.69) is 23.9 Å². The largest absolute Gasteiger partial charge is 0.327 e. The zero-order chi connectivity index (χ0) is 14.6. The highest BCUT2D eigenvalue weighted by molar-refractivity contribution is 5.24. The summed E-state index contributed by atoms with van der Waals surface area (Å²) in [6, 6.07) is 9.02. The molecule has 1 unspecified atom stereocenters. The Labute approximate surface area is 118 Å². The van der Waals surface area contributed by atoms with Crippen molar-refractivity contribution in [1.82, 2.24) is 14.8 Å². The third-order valence-corrected chi connectivity index (χ3v) is 3.29. The van der Waals surface area contributed by atoms with Crippen molar-refractivity contribution in [3.8, 4) is 0 Å². The van der Waals surface area contributed by atoms with Crippen molar-refractivity contribution >= 4 is 0 Å². The lowest BCUT2D eigenvalue weighted by atomic mass is 9.92. The first-order valence-electron chi connectivity index (χ1n) is 6.86. The molecule has 20 heavy (non-hydrogen) atoms. The lowest BCUT2D eigenvalue weighted by Gasteiger charge is -2.24. The summed E-state index contributed by atoms with van der Waals surface area (Å²) < 4.78 is 16.9. The molecule has 1 heterocycles. The lowest BCUT2D eigenvalue weighted by Crippen LogP contribution is -2.34. The summed E-state index contributed by atoms with van der Waals surface area (Å²) in [5.41, 5.74) is 4.65. The molecule has 2 rings (SSSR count). The van der Waals surface area contributed by atoms with Crippen LogP contribution >= 0.6 is 0 Å². The molecule has 0 amide bonds. The lowest BCUT2D eigenvalue weighted by molar-refractivity contribution is 0.168. The number of rotatable bonds is 6. The molecule has 0 fully saturated rings. The van der Waals surface area contributed by atoms with Gasteiger partial charge in [0.1, 0.15) is 12.2 Å². The smallest absolute Gasteiger partial charge is 0.155 e. The average Bonchev–Trinajstić information content (AvgIpc) is 2.86. The molecular weight excluding hydrogens is 255 g/mol. The van der Waals surface area contributed by atoms with E-state index in [1.54, 1.807) is 16.8 Å². The van der Waals surface area contributed by atoms with E-state index >= 15 is 4.39 Å². The highest BCUT2D eigenvalue weighted by Gasteiger charge is 2.32. The zero-order valence-electron chi connectivity index (χ0n) is 12.0. The first-order chi connectivity index (χ1) is 9.55. The molecule has 1 atom stereocenters. The molecule has 2 aromatic rings. The van der Waals surface area contributed by atoms with Crippen molar-refractivity contribution in [3.63, 3.8) is 0 Å². The first-order valence-corrected chi connectivity index (χ1v) is 6.86. The second-order valence-corrected chi connectivity index (χ2v) is 5.46. The Morgan fingerprint density at radius 1 is 1.30 bits per heavy atom. The molecule has 108 valence electrons. The normalized spacial score (nSPS) is 14.4. The molecule has 0 aliphatic carbocycles. The first kappa shape index (κ1) is 14.7. The summed E-state index contributed by atoms with van der Waals surface area (Å²) in [6.45, 7) is 4.83. The van der Waals surface area contributed by atoms with E-state index in [0.29, 0.717) is 17.3 Å². The molecule has 0 aliphatic heterocycles. The van der Waals surface area contributed by atoms with E-state index in [9.17, 15) is 0 Å². The number of hydrogen-bond acceptors (Lipinski definition) is 3. The maximum atomic E-state index is 15.1. The third-order valence-electron chi connectivity index (χ3n) is 3.29. The molecule has 1 aromatic heterocycles. The highest BCUT2D eigenvalue weighted by Crippen LogP contribution is 2.28. The Balaban J connectivity index is 2.25. The van der Waals surface area contributed by atoms with Crippen LogP contribution in [-0.2, 0) is 18.6 Å². The number of nitrogens with zero attached hydrogens (tertiary/aromatic N) is 3. The minimum Gasteiger partial charge on any atom is -0.327 e. The van der Waals surface area contributed by atoms with E-state index in [0.717, 1.165) is 6.54 Å². The van der Waals surface area contributed by atoms with Gasteiger partial charge in [-0.25, -0.2) is 14.1 Å². The second-order valence-electron chi connectivity index (χ2n) is 5.46. The van der Waals surface area contributed by atoms with Gasteiger partial charge in [-0.1, -0.05) is 44.2 Å². The van der Waals surface area contributed by atoms with Crippen LogP contribution in [-0.4, -0.2) is 21.3 Å². The summed E-state index contributed by atoms with van der Waals surface area (Å²) in [4.78, 5) is 4.18. The number of alkyl halides is 1. The van der Waals surface area contributed by atoms with Gasteiger partial charge < -0.3 is 5.73 Å². The van der Waals surface area contributed by atoms with Crippen LogP contribution in [0.4, 0.5) is 4.39 Å². The van der Waals surface area contributed by atoms with E-state index in [1.807, 2.05) is 18.2 Å². The number of halogens is 1. The number of hydrogen-bond donors (Lipinski definition) is 1. The van der Waals surface area contributed by atoms with Gasteiger partial charge in [-0.2, -0.15) is 5.10 Å². The van der Waals surface area contributed by atoms with Crippen LogP contribution < -0.4 is 5.73 Å². The van der Waals surface area contributed by atoms with Crippen LogP contribution in [0.3, 0.4) is 0 Å². The van der Waals surface area contributed by atoms with E-state index < -0.39 is 5.67 Å². The molecule has 0 spiro atoms. The van der Waals surface area contributed by atoms with Crippen molar-refractivity contribution < 1.29 is 4.39 Å². The van der Waals surface area contributed by atoms with Crippen LogP contribution in [0.25, 0.3) is 0 Å². The van der Waals surface area contributed by atoms with Gasteiger partial charge in [0, 0.05) is 19.5 Å². The molecule has 0 bridgehead atoms. The van der Waals surface area contributed by atoms with E-state index in [4.69, 9.17) is 5.73 Å². The Morgan fingerprint density at radius 2 is 2.00 bits per heavy atom. The van der Waals surface area contributed by atoms with Gasteiger partial charge in [-0.15, -0.1) is 0 Å². The maximum Gasteiger partial charge on any atom is 0.155 e. The second kappa shape index (κ2) is 6.13. The predicted octanol–water partition coefficient (Wildman–Crippen LogP) is 2.30. The number of nitrogens with two attached hydrogens (primary N) is 1. The fraction of sp³-hybridized carbons (Fsp3) is 0.467. The molecule has 2 N–H and O–H groups in total. The fourth-order valence-electron chi connectivity index (χ4n) is 2.20. The third kappa shape index (κ3) is 3.22. The molecule has 4 nitrogen and oxygen atoms in total. The summed E-state index contributed by atoms with van der Waals surface area (Å²) in [7, 11) is 0.